The van der Waals surface area contributed by atoms with Crippen molar-refractivity contribution >= 4 is 49.8 Å². The molecule has 0 saturated carbocycles. The van der Waals surface area contributed by atoms with Gasteiger partial charge >= 0.3 is 0 Å². The quantitative estimate of drug-likeness (QED) is 0.542. The van der Waals surface area contributed by atoms with E-state index in [1.165, 1.54) is 11.3 Å². The van der Waals surface area contributed by atoms with Gasteiger partial charge in [0.25, 0.3) is 11.5 Å². The summed E-state index contributed by atoms with van der Waals surface area (Å²) in [6, 6.07) is 14.9. The highest BCUT2D eigenvalue weighted by molar-refractivity contribution is 7.21. The fourth-order valence-corrected chi connectivity index (χ4v) is 4.12. The fourth-order valence-electron chi connectivity index (χ4n) is 2.89. The highest BCUT2D eigenvalue weighted by atomic mass is 35.5. The van der Waals surface area contributed by atoms with Crippen LogP contribution in [-0.2, 0) is 6.54 Å². The molecule has 0 aliphatic carbocycles. The maximum Gasteiger partial charge on any atom is 0.261 e. The first-order valence-corrected chi connectivity index (χ1v) is 9.29. The zero-order chi connectivity index (χ0) is 18.3. The first kappa shape index (κ1) is 16.8. The summed E-state index contributed by atoms with van der Waals surface area (Å²) in [4.78, 5) is 28.3. The minimum Gasteiger partial charge on any atom is -0.347 e. The first-order chi connectivity index (χ1) is 12.5. The monoisotopic (exact) mass is 382 g/mol. The Bertz CT molecular complexity index is 1190. The summed E-state index contributed by atoms with van der Waals surface area (Å²) >= 11 is 7.21. The number of fused-ring (bicyclic) bond motifs is 3. The van der Waals surface area contributed by atoms with E-state index in [-0.39, 0.29) is 11.5 Å². The molecule has 0 spiro atoms. The smallest absolute Gasteiger partial charge is 0.261 e. The molecule has 1 amide bonds. The van der Waals surface area contributed by atoms with Crippen molar-refractivity contribution in [3.63, 3.8) is 0 Å². The molecule has 4 rings (SSSR count). The molecule has 0 aliphatic heterocycles. The van der Waals surface area contributed by atoms with Gasteiger partial charge in [0.05, 0.1) is 10.3 Å². The summed E-state index contributed by atoms with van der Waals surface area (Å²) in [6.07, 6.45) is 0. The molecule has 6 heteroatoms. The van der Waals surface area contributed by atoms with E-state index in [4.69, 9.17) is 11.6 Å². The third-order valence-corrected chi connectivity index (χ3v) is 5.65. The Morgan fingerprint density at radius 2 is 1.88 bits per heavy atom. The van der Waals surface area contributed by atoms with Crippen LogP contribution in [0, 0.1) is 6.92 Å². The van der Waals surface area contributed by atoms with E-state index >= 15 is 0 Å². The van der Waals surface area contributed by atoms with E-state index in [1.54, 1.807) is 18.2 Å². The summed E-state index contributed by atoms with van der Waals surface area (Å²) in [6.45, 7) is 2.41. The predicted molar refractivity (Wildman–Crippen MR) is 107 cm³/mol. The van der Waals surface area contributed by atoms with Gasteiger partial charge in [-0.1, -0.05) is 35.4 Å². The Balaban J connectivity index is 1.68. The SMILES string of the molecule is Cc1ccc2[nH]c(=O)c3cc(C(=O)NCc4ccc(Cl)cc4)sc3c2c1. The molecule has 4 nitrogen and oxygen atoms in total. The first-order valence-electron chi connectivity index (χ1n) is 8.10. The second-order valence-corrected chi connectivity index (χ2v) is 7.65. The Hall–Kier alpha value is -2.63. The fraction of sp³-hybridized carbons (Fsp3) is 0.100. The molecule has 130 valence electrons. The molecule has 26 heavy (non-hydrogen) atoms. The van der Waals surface area contributed by atoms with Crippen LogP contribution in [0.15, 0.2) is 53.3 Å². The molecule has 2 N–H and O–H groups in total. The number of hydrogen-bond donors (Lipinski definition) is 2. The van der Waals surface area contributed by atoms with Crippen LogP contribution in [0.1, 0.15) is 20.8 Å². The number of hydrogen-bond acceptors (Lipinski definition) is 3. The minimum absolute atomic E-state index is 0.177. The summed E-state index contributed by atoms with van der Waals surface area (Å²) in [5.74, 6) is -0.193. The van der Waals surface area contributed by atoms with Crippen molar-refractivity contribution in [2.75, 3.05) is 0 Å². The van der Waals surface area contributed by atoms with Gasteiger partial charge < -0.3 is 10.3 Å². The van der Waals surface area contributed by atoms with Gasteiger partial charge in [-0.05, 0) is 42.8 Å². The number of halogens is 1. The van der Waals surface area contributed by atoms with E-state index in [1.807, 2.05) is 37.3 Å². The number of thiophene rings is 1. The van der Waals surface area contributed by atoms with Crippen LogP contribution >= 0.6 is 22.9 Å². The number of aryl methyl sites for hydroxylation is 1. The number of carbonyl (C=O) groups excluding carboxylic acids is 1. The number of H-pyrrole nitrogens is 1. The van der Waals surface area contributed by atoms with Crippen molar-refractivity contribution in [3.05, 3.63) is 79.9 Å². The Kier molecular flexibility index (Phi) is 4.26. The number of aromatic amines is 1. The number of amides is 1. The molecule has 0 radical (unpaired) electrons. The molecule has 0 fully saturated rings. The lowest BCUT2D eigenvalue weighted by molar-refractivity contribution is 0.0955. The molecular formula is C20H15ClN2O2S. The van der Waals surface area contributed by atoms with E-state index in [2.05, 4.69) is 10.3 Å². The second kappa shape index (κ2) is 6.59. The van der Waals surface area contributed by atoms with E-state index < -0.39 is 0 Å². The van der Waals surface area contributed by atoms with E-state index in [0.29, 0.717) is 21.8 Å². The number of pyridine rings is 1. The lowest BCUT2D eigenvalue weighted by Crippen LogP contribution is -2.21. The standard InChI is InChI=1S/C20H15ClN2O2S/c1-11-2-7-16-14(8-11)18-15(19(24)23-16)9-17(26-18)20(25)22-10-12-3-5-13(21)6-4-12/h2-9H,10H2,1H3,(H,22,25)(H,23,24). The van der Waals surface area contributed by atoms with Gasteiger partial charge in [0.15, 0.2) is 0 Å². The van der Waals surface area contributed by atoms with Crippen molar-refractivity contribution in [1.82, 2.24) is 10.3 Å². The maximum atomic E-state index is 12.5. The Morgan fingerprint density at radius 1 is 1.12 bits per heavy atom. The summed E-state index contributed by atoms with van der Waals surface area (Å²) < 4.78 is 0.837. The molecule has 0 atom stereocenters. The van der Waals surface area contributed by atoms with Gasteiger partial charge in [0.2, 0.25) is 0 Å². The lowest BCUT2D eigenvalue weighted by atomic mass is 10.1. The second-order valence-electron chi connectivity index (χ2n) is 6.17. The average Bonchev–Trinajstić information content (AvgIpc) is 3.08. The maximum absolute atomic E-state index is 12.5. The number of rotatable bonds is 3. The highest BCUT2D eigenvalue weighted by Crippen LogP contribution is 2.30. The van der Waals surface area contributed by atoms with E-state index in [0.717, 1.165) is 26.7 Å². The van der Waals surface area contributed by atoms with Gasteiger partial charge in [-0.15, -0.1) is 11.3 Å². The molecule has 2 aromatic carbocycles. The molecule has 0 saturated heterocycles. The van der Waals surface area contributed by atoms with E-state index in [9.17, 15) is 9.59 Å². The van der Waals surface area contributed by atoms with Gasteiger partial charge in [0.1, 0.15) is 0 Å². The molecule has 0 aliphatic rings. The summed E-state index contributed by atoms with van der Waals surface area (Å²) in [5, 5.41) is 5.05. The van der Waals surface area contributed by atoms with Crippen LogP contribution in [0.25, 0.3) is 21.0 Å². The third kappa shape index (κ3) is 3.11. The molecule has 0 bridgehead atoms. The molecular weight excluding hydrogens is 368 g/mol. The van der Waals surface area contributed by atoms with Gasteiger partial charge in [0, 0.05) is 27.2 Å². The van der Waals surface area contributed by atoms with Crippen LogP contribution in [0.4, 0.5) is 0 Å². The van der Waals surface area contributed by atoms with Crippen molar-refractivity contribution in [3.8, 4) is 0 Å². The summed E-state index contributed by atoms with van der Waals surface area (Å²) in [5.41, 5.74) is 2.67. The van der Waals surface area contributed by atoms with Crippen LogP contribution in [-0.4, -0.2) is 10.9 Å². The number of carbonyl (C=O) groups is 1. The van der Waals surface area contributed by atoms with Gasteiger partial charge in [-0.25, -0.2) is 0 Å². The third-order valence-electron chi connectivity index (χ3n) is 4.23. The van der Waals surface area contributed by atoms with Crippen LogP contribution in [0.3, 0.4) is 0 Å². The van der Waals surface area contributed by atoms with Crippen LogP contribution in [0.5, 0.6) is 0 Å². The zero-order valence-electron chi connectivity index (χ0n) is 13.9. The topological polar surface area (TPSA) is 62.0 Å². The van der Waals surface area contributed by atoms with Crippen LogP contribution < -0.4 is 10.9 Å². The van der Waals surface area contributed by atoms with Crippen molar-refractivity contribution in [2.45, 2.75) is 13.5 Å². The number of aromatic nitrogens is 1. The van der Waals surface area contributed by atoms with Crippen molar-refractivity contribution in [2.24, 2.45) is 0 Å². The van der Waals surface area contributed by atoms with Crippen LogP contribution in [0.2, 0.25) is 5.02 Å². The van der Waals surface area contributed by atoms with Crippen molar-refractivity contribution < 1.29 is 4.79 Å². The van der Waals surface area contributed by atoms with Crippen molar-refractivity contribution in [1.29, 1.82) is 0 Å². The molecule has 2 heterocycles. The molecule has 4 aromatic rings. The Labute approximate surface area is 158 Å². The van der Waals surface area contributed by atoms with Gasteiger partial charge in [-0.2, -0.15) is 0 Å². The molecule has 2 aromatic heterocycles. The number of nitrogens with one attached hydrogen (secondary N) is 2. The minimum atomic E-state index is -0.193. The predicted octanol–water partition coefficient (Wildman–Crippen LogP) is 4.63. The average molecular weight is 383 g/mol. The normalized spacial score (nSPS) is 11.2. The Morgan fingerprint density at radius 3 is 2.65 bits per heavy atom. The lowest BCUT2D eigenvalue weighted by Gasteiger charge is -2.03. The zero-order valence-corrected chi connectivity index (χ0v) is 15.5. The van der Waals surface area contributed by atoms with Gasteiger partial charge in [-0.3, -0.25) is 9.59 Å². The molecule has 0 unspecified atom stereocenters. The highest BCUT2D eigenvalue weighted by Gasteiger charge is 2.14. The summed E-state index contributed by atoms with van der Waals surface area (Å²) in [7, 11) is 0. The largest absolute Gasteiger partial charge is 0.347 e. The number of benzene rings is 2.